The van der Waals surface area contributed by atoms with Gasteiger partial charge in [0.15, 0.2) is 11.6 Å². The van der Waals surface area contributed by atoms with Gasteiger partial charge in [0, 0.05) is 18.1 Å². The molecular formula is C17H20ClN3O3. The standard InChI is InChI=1S/C17H19N3O3.ClH/c1-21-10-12-11-6-2-3-7-13(11)22-14(12)15-19-16(20-23-15)17(18)8-4-5-9-17;/h2-3,6-7H,4-5,8-10,18H2,1H3;1H. The summed E-state index contributed by atoms with van der Waals surface area (Å²) in [5.74, 6) is 1.49. The van der Waals surface area contributed by atoms with Crippen LogP contribution in [0.25, 0.3) is 22.6 Å². The molecule has 3 aromatic rings. The molecule has 1 saturated carbocycles. The number of rotatable bonds is 4. The van der Waals surface area contributed by atoms with Gasteiger partial charge in [-0.2, -0.15) is 4.98 Å². The smallest absolute Gasteiger partial charge is 0.294 e. The zero-order chi connectivity index (χ0) is 15.9. The van der Waals surface area contributed by atoms with Crippen molar-refractivity contribution >= 4 is 23.4 Å². The van der Waals surface area contributed by atoms with E-state index in [4.69, 9.17) is 19.4 Å². The zero-order valence-corrected chi connectivity index (χ0v) is 14.3. The molecule has 7 heteroatoms. The van der Waals surface area contributed by atoms with Crippen LogP contribution in [-0.2, 0) is 16.9 Å². The summed E-state index contributed by atoms with van der Waals surface area (Å²) in [6.07, 6.45) is 3.97. The first-order valence-electron chi connectivity index (χ1n) is 7.84. The van der Waals surface area contributed by atoms with Crippen LogP contribution >= 0.6 is 12.4 Å². The van der Waals surface area contributed by atoms with E-state index in [1.165, 1.54) is 0 Å². The third-order valence-electron chi connectivity index (χ3n) is 4.55. The molecular weight excluding hydrogens is 330 g/mol. The Balaban J connectivity index is 0.00000169. The van der Waals surface area contributed by atoms with Crippen molar-refractivity contribution in [3.8, 4) is 11.7 Å². The van der Waals surface area contributed by atoms with Crippen molar-refractivity contribution in [2.24, 2.45) is 5.73 Å². The van der Waals surface area contributed by atoms with E-state index < -0.39 is 5.54 Å². The number of halogens is 1. The molecule has 0 spiro atoms. The van der Waals surface area contributed by atoms with Crippen molar-refractivity contribution in [1.29, 1.82) is 0 Å². The van der Waals surface area contributed by atoms with Gasteiger partial charge in [-0.15, -0.1) is 12.4 Å². The van der Waals surface area contributed by atoms with Crippen molar-refractivity contribution in [3.63, 3.8) is 0 Å². The molecule has 0 amide bonds. The van der Waals surface area contributed by atoms with Crippen LogP contribution in [0.15, 0.2) is 33.2 Å². The number of methoxy groups -OCH3 is 1. The number of hydrogen-bond donors (Lipinski definition) is 1. The first-order chi connectivity index (χ1) is 11.2. The Morgan fingerprint density at radius 2 is 2.00 bits per heavy atom. The number of furan rings is 1. The summed E-state index contributed by atoms with van der Waals surface area (Å²) in [4.78, 5) is 4.52. The number of nitrogens with two attached hydrogens (primary N) is 1. The largest absolute Gasteiger partial charge is 0.450 e. The van der Waals surface area contributed by atoms with Gasteiger partial charge in [-0.25, -0.2) is 0 Å². The lowest BCUT2D eigenvalue weighted by molar-refractivity contribution is 0.185. The fourth-order valence-electron chi connectivity index (χ4n) is 3.31. The highest BCUT2D eigenvalue weighted by atomic mass is 35.5. The van der Waals surface area contributed by atoms with Gasteiger partial charge in [0.2, 0.25) is 0 Å². The van der Waals surface area contributed by atoms with Gasteiger partial charge >= 0.3 is 0 Å². The molecule has 128 valence electrons. The molecule has 0 saturated heterocycles. The maximum absolute atomic E-state index is 6.40. The number of hydrogen-bond acceptors (Lipinski definition) is 6. The molecule has 0 radical (unpaired) electrons. The maximum Gasteiger partial charge on any atom is 0.294 e. The van der Waals surface area contributed by atoms with Crippen molar-refractivity contribution in [1.82, 2.24) is 10.1 Å². The number of aromatic nitrogens is 2. The van der Waals surface area contributed by atoms with Crippen molar-refractivity contribution in [2.45, 2.75) is 37.8 Å². The Morgan fingerprint density at radius 1 is 1.25 bits per heavy atom. The lowest BCUT2D eigenvalue weighted by atomic mass is 9.99. The molecule has 2 N–H and O–H groups in total. The van der Waals surface area contributed by atoms with Crippen LogP contribution in [0, 0.1) is 0 Å². The summed E-state index contributed by atoms with van der Waals surface area (Å²) in [6.45, 7) is 0.415. The highest BCUT2D eigenvalue weighted by molar-refractivity contribution is 5.86. The topological polar surface area (TPSA) is 87.3 Å². The van der Waals surface area contributed by atoms with E-state index in [1.54, 1.807) is 7.11 Å². The summed E-state index contributed by atoms with van der Waals surface area (Å²) >= 11 is 0. The van der Waals surface area contributed by atoms with Gasteiger partial charge < -0.3 is 19.4 Å². The van der Waals surface area contributed by atoms with Crippen LogP contribution in [0.2, 0.25) is 0 Å². The average Bonchev–Trinajstić information content (AvgIpc) is 3.26. The molecule has 1 aliphatic rings. The third kappa shape index (κ3) is 2.70. The first kappa shape index (κ1) is 17.0. The number of fused-ring (bicyclic) bond motifs is 1. The minimum Gasteiger partial charge on any atom is -0.450 e. The summed E-state index contributed by atoms with van der Waals surface area (Å²) in [5.41, 5.74) is 7.61. The van der Waals surface area contributed by atoms with Crippen LogP contribution in [0.5, 0.6) is 0 Å². The van der Waals surface area contributed by atoms with Gasteiger partial charge in [0.05, 0.1) is 12.1 Å². The predicted molar refractivity (Wildman–Crippen MR) is 91.8 cm³/mol. The molecule has 4 rings (SSSR count). The van der Waals surface area contributed by atoms with E-state index in [1.807, 2.05) is 24.3 Å². The molecule has 0 unspecified atom stereocenters. The van der Waals surface area contributed by atoms with E-state index in [-0.39, 0.29) is 12.4 Å². The lowest BCUT2D eigenvalue weighted by Crippen LogP contribution is -2.34. The first-order valence-corrected chi connectivity index (χ1v) is 7.84. The summed E-state index contributed by atoms with van der Waals surface area (Å²) in [7, 11) is 1.65. The van der Waals surface area contributed by atoms with E-state index in [2.05, 4.69) is 10.1 Å². The van der Waals surface area contributed by atoms with Crippen molar-refractivity contribution in [2.75, 3.05) is 7.11 Å². The van der Waals surface area contributed by atoms with E-state index in [9.17, 15) is 0 Å². The molecule has 2 aromatic heterocycles. The number of para-hydroxylation sites is 1. The Hall–Kier alpha value is -1.89. The molecule has 0 atom stereocenters. The van der Waals surface area contributed by atoms with Crippen LogP contribution in [0.3, 0.4) is 0 Å². The minimum atomic E-state index is -0.477. The van der Waals surface area contributed by atoms with Gasteiger partial charge in [0.1, 0.15) is 5.58 Å². The lowest BCUT2D eigenvalue weighted by Gasteiger charge is -2.17. The highest BCUT2D eigenvalue weighted by Crippen LogP contribution is 2.37. The Morgan fingerprint density at radius 3 is 2.75 bits per heavy atom. The molecule has 1 fully saturated rings. The molecule has 0 aliphatic heterocycles. The number of ether oxygens (including phenoxy) is 1. The van der Waals surface area contributed by atoms with Gasteiger partial charge in [0.25, 0.3) is 5.89 Å². The van der Waals surface area contributed by atoms with Gasteiger partial charge in [-0.3, -0.25) is 0 Å². The summed E-state index contributed by atoms with van der Waals surface area (Å²) < 4.78 is 16.7. The van der Waals surface area contributed by atoms with Gasteiger partial charge in [-0.1, -0.05) is 36.2 Å². The van der Waals surface area contributed by atoms with Crippen LogP contribution < -0.4 is 5.73 Å². The second-order valence-electron chi connectivity index (χ2n) is 6.13. The highest BCUT2D eigenvalue weighted by Gasteiger charge is 2.36. The average molecular weight is 350 g/mol. The SMILES string of the molecule is COCc1c(-c2nc(C3(N)CCCC3)no2)oc2ccccc12.Cl. The Labute approximate surface area is 145 Å². The fraction of sp³-hybridized carbons (Fsp3) is 0.412. The molecule has 0 bridgehead atoms. The maximum atomic E-state index is 6.40. The molecule has 6 nitrogen and oxygen atoms in total. The second-order valence-corrected chi connectivity index (χ2v) is 6.13. The Bertz CT molecular complexity index is 837. The monoisotopic (exact) mass is 349 g/mol. The summed E-state index contributed by atoms with van der Waals surface area (Å²) in [6, 6.07) is 7.80. The van der Waals surface area contributed by atoms with E-state index in [0.717, 1.165) is 42.2 Å². The normalized spacial score (nSPS) is 16.4. The number of nitrogens with zero attached hydrogens (tertiary/aromatic N) is 2. The number of benzene rings is 1. The quantitative estimate of drug-likeness (QED) is 0.771. The minimum absolute atomic E-state index is 0. The van der Waals surface area contributed by atoms with Gasteiger partial charge in [-0.05, 0) is 18.9 Å². The van der Waals surface area contributed by atoms with Crippen LogP contribution in [0.1, 0.15) is 37.1 Å². The predicted octanol–water partition coefficient (Wildman–Crippen LogP) is 3.78. The van der Waals surface area contributed by atoms with Crippen molar-refractivity contribution < 1.29 is 13.7 Å². The summed E-state index contributed by atoms with van der Waals surface area (Å²) in [5, 5.41) is 5.10. The van der Waals surface area contributed by atoms with E-state index >= 15 is 0 Å². The Kier molecular flexibility index (Phi) is 4.62. The molecule has 1 aromatic carbocycles. The fourth-order valence-corrected chi connectivity index (χ4v) is 3.31. The molecule has 24 heavy (non-hydrogen) atoms. The third-order valence-corrected chi connectivity index (χ3v) is 4.55. The van der Waals surface area contributed by atoms with E-state index in [0.29, 0.717) is 24.1 Å². The second kappa shape index (κ2) is 6.55. The zero-order valence-electron chi connectivity index (χ0n) is 13.4. The van der Waals surface area contributed by atoms with Crippen LogP contribution in [-0.4, -0.2) is 17.3 Å². The van der Waals surface area contributed by atoms with Crippen LogP contribution in [0.4, 0.5) is 0 Å². The molecule has 1 aliphatic carbocycles. The van der Waals surface area contributed by atoms with Crippen molar-refractivity contribution in [3.05, 3.63) is 35.7 Å². The molecule has 2 heterocycles.